The van der Waals surface area contributed by atoms with Gasteiger partial charge in [0.2, 0.25) is 0 Å². The first-order chi connectivity index (χ1) is 10.7. The van der Waals surface area contributed by atoms with Gasteiger partial charge in [-0.25, -0.2) is 19.7 Å². The quantitative estimate of drug-likeness (QED) is 0.837. The van der Waals surface area contributed by atoms with E-state index in [1.165, 1.54) is 11.3 Å². The van der Waals surface area contributed by atoms with Crippen LogP contribution in [0.2, 0.25) is 0 Å². The molecule has 1 aliphatic heterocycles. The van der Waals surface area contributed by atoms with Gasteiger partial charge in [0, 0.05) is 36.9 Å². The van der Waals surface area contributed by atoms with Crippen molar-refractivity contribution < 1.29 is 14.6 Å². The zero-order valence-corrected chi connectivity index (χ0v) is 12.7. The van der Waals surface area contributed by atoms with E-state index in [2.05, 4.69) is 20.3 Å². The van der Waals surface area contributed by atoms with Crippen molar-refractivity contribution in [3.8, 4) is 0 Å². The fraction of sp³-hybridized carbons (Fsp3) is 0.429. The van der Waals surface area contributed by atoms with E-state index in [1.807, 2.05) is 6.07 Å². The number of carbonyl (C=O) groups is 1. The van der Waals surface area contributed by atoms with Crippen LogP contribution in [-0.2, 0) is 11.2 Å². The van der Waals surface area contributed by atoms with Crippen molar-refractivity contribution in [1.29, 1.82) is 0 Å². The van der Waals surface area contributed by atoms with Crippen molar-refractivity contribution in [1.82, 2.24) is 15.0 Å². The molecule has 0 bridgehead atoms. The maximum absolute atomic E-state index is 10.8. The van der Waals surface area contributed by atoms with Crippen molar-refractivity contribution >= 4 is 23.1 Å². The molecule has 22 heavy (non-hydrogen) atoms. The Hall–Kier alpha value is -2.06. The number of ether oxygens (including phenoxy) is 1. The molecule has 1 aliphatic rings. The fourth-order valence-electron chi connectivity index (χ4n) is 2.28. The third-order valence-electron chi connectivity index (χ3n) is 3.45. The third kappa shape index (κ3) is 3.58. The maximum atomic E-state index is 10.8. The van der Waals surface area contributed by atoms with E-state index in [0.29, 0.717) is 25.5 Å². The molecule has 0 radical (unpaired) electrons. The van der Waals surface area contributed by atoms with Gasteiger partial charge in [0.1, 0.15) is 12.1 Å². The highest BCUT2D eigenvalue weighted by molar-refractivity contribution is 7.09. The molecule has 2 aromatic rings. The first kappa shape index (κ1) is 14.9. The van der Waals surface area contributed by atoms with E-state index in [-0.39, 0.29) is 5.69 Å². The van der Waals surface area contributed by atoms with Gasteiger partial charge in [-0.05, 0) is 6.42 Å². The minimum Gasteiger partial charge on any atom is -0.476 e. The zero-order chi connectivity index (χ0) is 15.4. The fourth-order valence-corrected chi connectivity index (χ4v) is 3.05. The maximum Gasteiger partial charge on any atom is 0.355 e. The molecule has 3 heterocycles. The van der Waals surface area contributed by atoms with Crippen molar-refractivity contribution in [2.75, 3.05) is 25.1 Å². The number of rotatable bonds is 6. The predicted molar refractivity (Wildman–Crippen MR) is 81.5 cm³/mol. The molecular formula is C14H16N4O3S. The van der Waals surface area contributed by atoms with E-state index in [0.717, 1.165) is 29.5 Å². The molecular weight excluding hydrogens is 304 g/mol. The molecule has 0 aromatic carbocycles. The Balaban J connectivity index is 1.54. The Morgan fingerprint density at radius 1 is 1.50 bits per heavy atom. The molecule has 8 heteroatoms. The summed E-state index contributed by atoms with van der Waals surface area (Å²) in [5, 5.41) is 14.4. The molecule has 2 aromatic heterocycles. The zero-order valence-electron chi connectivity index (χ0n) is 11.9. The highest BCUT2D eigenvalue weighted by Crippen LogP contribution is 2.24. The van der Waals surface area contributed by atoms with Crippen LogP contribution in [0.5, 0.6) is 0 Å². The number of hydrogen-bond donors (Lipinski definition) is 2. The number of anilines is 1. The number of hydrogen-bond acceptors (Lipinski definition) is 7. The molecule has 0 spiro atoms. The van der Waals surface area contributed by atoms with E-state index in [4.69, 9.17) is 9.84 Å². The van der Waals surface area contributed by atoms with Gasteiger partial charge < -0.3 is 15.2 Å². The predicted octanol–water partition coefficient (Wildman–Crippen LogP) is 1.79. The van der Waals surface area contributed by atoms with Crippen LogP contribution in [0.25, 0.3) is 0 Å². The summed E-state index contributed by atoms with van der Waals surface area (Å²) in [5.74, 6) is 0.127. The smallest absolute Gasteiger partial charge is 0.355 e. The van der Waals surface area contributed by atoms with Gasteiger partial charge in [-0.2, -0.15) is 0 Å². The lowest BCUT2D eigenvalue weighted by Gasteiger charge is -2.09. The molecule has 0 unspecified atom stereocenters. The number of nitrogens with one attached hydrogen (secondary N) is 1. The van der Waals surface area contributed by atoms with Gasteiger partial charge in [0.15, 0.2) is 5.69 Å². The second-order valence-corrected chi connectivity index (χ2v) is 5.94. The summed E-state index contributed by atoms with van der Waals surface area (Å²) in [4.78, 5) is 23.3. The second-order valence-electron chi connectivity index (χ2n) is 5.00. The van der Waals surface area contributed by atoms with Crippen LogP contribution in [0.1, 0.15) is 33.5 Å². The van der Waals surface area contributed by atoms with Crippen LogP contribution in [0.4, 0.5) is 5.82 Å². The average Bonchev–Trinajstić information content (AvgIpc) is 3.19. The molecule has 7 nitrogen and oxygen atoms in total. The minimum atomic E-state index is -0.991. The first-order valence-electron chi connectivity index (χ1n) is 7.03. The molecule has 1 atom stereocenters. The Morgan fingerprint density at radius 2 is 2.41 bits per heavy atom. The Morgan fingerprint density at radius 3 is 3.14 bits per heavy atom. The number of carboxylic acid groups (broad SMARTS) is 1. The molecule has 0 saturated carbocycles. The van der Waals surface area contributed by atoms with Crippen LogP contribution in [0.3, 0.4) is 0 Å². The molecule has 1 fully saturated rings. The summed E-state index contributed by atoms with van der Waals surface area (Å²) in [6.07, 6.45) is 3.21. The van der Waals surface area contributed by atoms with Crippen LogP contribution in [0, 0.1) is 0 Å². The molecule has 3 rings (SSSR count). The summed E-state index contributed by atoms with van der Waals surface area (Å²) in [7, 11) is 0. The average molecular weight is 320 g/mol. The van der Waals surface area contributed by atoms with Crippen molar-refractivity contribution in [2.24, 2.45) is 0 Å². The molecule has 1 saturated heterocycles. The first-order valence-corrected chi connectivity index (χ1v) is 7.91. The van der Waals surface area contributed by atoms with Crippen molar-refractivity contribution in [3.63, 3.8) is 0 Å². The van der Waals surface area contributed by atoms with Crippen LogP contribution in [0.15, 0.2) is 17.8 Å². The van der Waals surface area contributed by atoms with Gasteiger partial charge in [-0.15, -0.1) is 11.3 Å². The summed E-state index contributed by atoms with van der Waals surface area (Å²) < 4.78 is 5.38. The number of nitrogens with zero attached hydrogens (tertiary/aromatic N) is 3. The lowest BCUT2D eigenvalue weighted by Crippen LogP contribution is -2.09. The highest BCUT2D eigenvalue weighted by Gasteiger charge is 2.19. The number of aromatic carboxylic acids is 1. The molecule has 116 valence electrons. The molecule has 0 amide bonds. The van der Waals surface area contributed by atoms with Gasteiger partial charge in [-0.1, -0.05) is 0 Å². The van der Waals surface area contributed by atoms with Gasteiger partial charge in [0.05, 0.1) is 17.3 Å². The van der Waals surface area contributed by atoms with Gasteiger partial charge in [0.25, 0.3) is 0 Å². The largest absolute Gasteiger partial charge is 0.476 e. The topological polar surface area (TPSA) is 97.2 Å². The van der Waals surface area contributed by atoms with Gasteiger partial charge >= 0.3 is 5.97 Å². The summed E-state index contributed by atoms with van der Waals surface area (Å²) in [6.45, 7) is 2.14. The Kier molecular flexibility index (Phi) is 4.59. The standard InChI is InChI=1S/C14H16N4O3S/c19-14(20)11-7-22-13(18-11)1-3-15-12-5-10(16-8-17-12)9-2-4-21-6-9/h5,7-9H,1-4,6H2,(H,19,20)(H,15,16,17)/t9-/m0/s1. The summed E-state index contributed by atoms with van der Waals surface area (Å²) in [6, 6.07) is 1.95. The Bertz CT molecular complexity index is 655. The second kappa shape index (κ2) is 6.80. The molecule has 0 aliphatic carbocycles. The highest BCUT2D eigenvalue weighted by atomic mass is 32.1. The number of carboxylic acids is 1. The summed E-state index contributed by atoms with van der Waals surface area (Å²) >= 11 is 1.36. The SMILES string of the molecule is O=C(O)c1csc(CCNc2cc([C@H]3CCOC3)ncn2)n1. The van der Waals surface area contributed by atoms with E-state index < -0.39 is 5.97 Å². The van der Waals surface area contributed by atoms with Crippen molar-refractivity contribution in [2.45, 2.75) is 18.8 Å². The van der Waals surface area contributed by atoms with E-state index in [1.54, 1.807) is 11.7 Å². The molecule has 2 N–H and O–H groups in total. The third-order valence-corrected chi connectivity index (χ3v) is 4.36. The Labute approximate surface area is 131 Å². The monoisotopic (exact) mass is 320 g/mol. The number of thiazole rings is 1. The van der Waals surface area contributed by atoms with E-state index in [9.17, 15) is 4.79 Å². The van der Waals surface area contributed by atoms with Crippen molar-refractivity contribution in [3.05, 3.63) is 34.2 Å². The van der Waals surface area contributed by atoms with E-state index >= 15 is 0 Å². The van der Waals surface area contributed by atoms with Gasteiger partial charge in [-0.3, -0.25) is 0 Å². The van der Waals surface area contributed by atoms with Crippen LogP contribution in [-0.4, -0.2) is 45.8 Å². The normalized spacial score (nSPS) is 17.5. The minimum absolute atomic E-state index is 0.102. The lowest BCUT2D eigenvalue weighted by atomic mass is 10.1. The summed E-state index contributed by atoms with van der Waals surface area (Å²) in [5.41, 5.74) is 1.10. The van der Waals surface area contributed by atoms with Crippen LogP contribution >= 0.6 is 11.3 Å². The number of aromatic nitrogens is 3. The lowest BCUT2D eigenvalue weighted by molar-refractivity contribution is 0.0691. The van der Waals surface area contributed by atoms with Crippen LogP contribution < -0.4 is 5.32 Å².